The van der Waals surface area contributed by atoms with E-state index in [-0.39, 0.29) is 42.3 Å². The van der Waals surface area contributed by atoms with Gasteiger partial charge in [-0.05, 0) is 62.3 Å². The molecule has 41 heavy (non-hydrogen) atoms. The van der Waals surface area contributed by atoms with Crippen molar-refractivity contribution >= 4 is 51.0 Å². The minimum absolute atomic E-state index is 0.145. The zero-order valence-corrected chi connectivity index (χ0v) is 26.1. The quantitative estimate of drug-likeness (QED) is 0.133. The fourth-order valence-electron chi connectivity index (χ4n) is 6.71. The number of aliphatic hydroxyl groups is 1. The fourth-order valence-corrected chi connectivity index (χ4v) is 7.78. The summed E-state index contributed by atoms with van der Waals surface area (Å²) in [5.74, 6) is -2.81. The summed E-state index contributed by atoms with van der Waals surface area (Å²) < 4.78 is 12.3. The molecule has 3 fully saturated rings. The van der Waals surface area contributed by atoms with Crippen molar-refractivity contribution in [2.75, 3.05) is 24.7 Å². The lowest BCUT2D eigenvalue weighted by atomic mass is 9.70. The predicted molar refractivity (Wildman–Crippen MR) is 162 cm³/mol. The number of fused-ring (bicyclic) bond motifs is 1. The van der Waals surface area contributed by atoms with Gasteiger partial charge in [-0.1, -0.05) is 53.5 Å². The zero-order chi connectivity index (χ0) is 29.9. The Bertz CT molecular complexity index is 1150. The third-order valence-corrected chi connectivity index (χ3v) is 9.44. The van der Waals surface area contributed by atoms with Crippen LogP contribution in [0, 0.1) is 17.8 Å². The second kappa shape index (κ2) is 13.4. The van der Waals surface area contributed by atoms with E-state index in [1.807, 2.05) is 19.9 Å². The van der Waals surface area contributed by atoms with Gasteiger partial charge in [0, 0.05) is 22.1 Å². The molecule has 0 radical (unpaired) electrons. The number of halogens is 2. The molecule has 1 spiro atoms. The number of nitrogens with zero attached hydrogens (tertiary/aromatic N) is 2. The summed E-state index contributed by atoms with van der Waals surface area (Å²) in [4.78, 5) is 45.3. The summed E-state index contributed by atoms with van der Waals surface area (Å²) >= 11 is 9.81. The molecule has 3 aliphatic heterocycles. The molecule has 1 aromatic rings. The normalized spacial score (nSPS) is 29.0. The SMILES string of the molecule is C=CCCCCOC(=O)[C@H]1[C@H]2C(=O)N([C@@H](CO)CC(C)C)C(C(=O)N(CC=C)c3ccc(Cl)cc3)C23CC(Br)[C@@H]1O3. The van der Waals surface area contributed by atoms with Crippen molar-refractivity contribution < 1.29 is 29.0 Å². The Labute approximate surface area is 255 Å². The molecule has 3 aliphatic rings. The number of allylic oxidation sites excluding steroid dienone is 1. The van der Waals surface area contributed by atoms with Crippen molar-refractivity contribution in [2.24, 2.45) is 17.8 Å². The van der Waals surface area contributed by atoms with Gasteiger partial charge in [0.05, 0.1) is 37.2 Å². The molecule has 3 heterocycles. The molecule has 4 rings (SSSR count). The van der Waals surface area contributed by atoms with Gasteiger partial charge in [-0.2, -0.15) is 0 Å². The van der Waals surface area contributed by atoms with Crippen LogP contribution in [0.15, 0.2) is 49.6 Å². The first-order valence-corrected chi connectivity index (χ1v) is 15.6. The van der Waals surface area contributed by atoms with Crippen LogP contribution in [0.3, 0.4) is 0 Å². The summed E-state index contributed by atoms with van der Waals surface area (Å²) in [5.41, 5.74) is -0.662. The van der Waals surface area contributed by atoms with Crippen molar-refractivity contribution in [3.05, 3.63) is 54.6 Å². The van der Waals surface area contributed by atoms with Crippen LogP contribution in [0.1, 0.15) is 46.0 Å². The number of aliphatic hydroxyl groups excluding tert-OH is 1. The number of ether oxygens (including phenoxy) is 2. The van der Waals surface area contributed by atoms with Crippen LogP contribution in [-0.2, 0) is 23.9 Å². The molecular weight excluding hydrogens is 612 g/mol. The van der Waals surface area contributed by atoms with Crippen LogP contribution in [0.5, 0.6) is 0 Å². The Balaban J connectivity index is 1.75. The Kier molecular flexibility index (Phi) is 10.4. The molecule has 3 unspecified atom stereocenters. The van der Waals surface area contributed by atoms with E-state index in [0.717, 1.165) is 12.8 Å². The molecule has 0 aliphatic carbocycles. The van der Waals surface area contributed by atoms with E-state index < -0.39 is 41.6 Å². The lowest BCUT2D eigenvalue weighted by Gasteiger charge is -2.39. The molecule has 2 bridgehead atoms. The predicted octanol–water partition coefficient (Wildman–Crippen LogP) is 4.91. The first kappa shape index (κ1) is 31.7. The van der Waals surface area contributed by atoms with Gasteiger partial charge in [-0.3, -0.25) is 14.4 Å². The molecule has 3 saturated heterocycles. The maximum atomic E-state index is 14.6. The van der Waals surface area contributed by atoms with Gasteiger partial charge < -0.3 is 24.4 Å². The van der Waals surface area contributed by atoms with E-state index in [1.165, 1.54) is 4.90 Å². The molecule has 224 valence electrons. The number of rotatable bonds is 14. The lowest BCUT2D eigenvalue weighted by Crippen LogP contribution is -2.59. The molecule has 7 atom stereocenters. The second-order valence-electron chi connectivity index (χ2n) is 11.5. The molecule has 1 N–H and O–H groups in total. The first-order chi connectivity index (χ1) is 19.6. The van der Waals surface area contributed by atoms with E-state index in [2.05, 4.69) is 29.1 Å². The van der Waals surface area contributed by atoms with E-state index in [0.29, 0.717) is 30.0 Å². The van der Waals surface area contributed by atoms with E-state index in [1.54, 1.807) is 35.2 Å². The maximum Gasteiger partial charge on any atom is 0.312 e. The van der Waals surface area contributed by atoms with Crippen molar-refractivity contribution in [1.29, 1.82) is 0 Å². The molecule has 0 aromatic heterocycles. The first-order valence-electron chi connectivity index (χ1n) is 14.3. The summed E-state index contributed by atoms with van der Waals surface area (Å²) in [6, 6.07) is 5.19. The van der Waals surface area contributed by atoms with Gasteiger partial charge in [0.15, 0.2) is 0 Å². The van der Waals surface area contributed by atoms with Gasteiger partial charge >= 0.3 is 5.97 Å². The van der Waals surface area contributed by atoms with Crippen molar-refractivity contribution in [3.8, 4) is 0 Å². The van der Waals surface area contributed by atoms with Gasteiger partial charge in [-0.15, -0.1) is 13.2 Å². The molecule has 0 saturated carbocycles. The van der Waals surface area contributed by atoms with Crippen molar-refractivity contribution in [1.82, 2.24) is 4.90 Å². The van der Waals surface area contributed by atoms with Crippen LogP contribution in [0.2, 0.25) is 5.02 Å². The van der Waals surface area contributed by atoms with Crippen LogP contribution >= 0.6 is 27.5 Å². The molecule has 2 amide bonds. The van der Waals surface area contributed by atoms with Gasteiger partial charge in [-0.25, -0.2) is 0 Å². The van der Waals surface area contributed by atoms with Gasteiger partial charge in [0.2, 0.25) is 5.91 Å². The highest BCUT2D eigenvalue weighted by molar-refractivity contribution is 9.09. The van der Waals surface area contributed by atoms with E-state index in [9.17, 15) is 19.5 Å². The minimum atomic E-state index is -1.25. The molecule has 10 heteroatoms. The lowest BCUT2D eigenvalue weighted by molar-refractivity contribution is -0.155. The third kappa shape index (κ3) is 6.01. The van der Waals surface area contributed by atoms with E-state index >= 15 is 0 Å². The van der Waals surface area contributed by atoms with E-state index in [4.69, 9.17) is 21.1 Å². The number of hydrogen-bond donors (Lipinski definition) is 1. The van der Waals surface area contributed by atoms with Crippen LogP contribution in [-0.4, -0.2) is 76.2 Å². The molecule has 8 nitrogen and oxygen atoms in total. The largest absolute Gasteiger partial charge is 0.465 e. The number of alkyl halides is 1. The number of carbonyl (C=O) groups is 3. The summed E-state index contributed by atoms with van der Waals surface area (Å²) in [7, 11) is 0. The monoisotopic (exact) mass is 650 g/mol. The third-order valence-electron chi connectivity index (χ3n) is 8.34. The number of unbranched alkanes of at least 4 members (excludes halogenated alkanes) is 2. The number of anilines is 1. The minimum Gasteiger partial charge on any atom is -0.465 e. The average molecular weight is 652 g/mol. The molecular formula is C31H40BrClN2O6. The topological polar surface area (TPSA) is 96.4 Å². The van der Waals surface area contributed by atoms with Gasteiger partial charge in [0.25, 0.3) is 5.91 Å². The standard InChI is InChI=1S/C31H40BrClN2O6/c1-5-7-8-9-15-40-30(39)24-25-28(37)35(22(18-36)16-19(3)4)27(31(25)17-23(32)26(24)41-31)29(38)34(14-6-2)21-12-10-20(33)11-13-21/h5-6,10-13,19,22-27,36H,1-2,7-9,14-18H2,3-4H3/t22-,23?,24+,25+,26+,27?,31?/m1/s1. The fraction of sp³-hybridized carbons (Fsp3) is 0.581. The number of esters is 1. The van der Waals surface area contributed by atoms with Gasteiger partial charge in [0.1, 0.15) is 11.6 Å². The van der Waals surface area contributed by atoms with Crippen LogP contribution in [0.4, 0.5) is 5.69 Å². The summed E-state index contributed by atoms with van der Waals surface area (Å²) in [6.07, 6.45) is 6.04. The highest BCUT2D eigenvalue weighted by Gasteiger charge is 2.77. The Morgan fingerprint density at radius 1 is 1.27 bits per heavy atom. The number of carbonyl (C=O) groups excluding carboxylic acids is 3. The van der Waals surface area contributed by atoms with Crippen LogP contribution in [0.25, 0.3) is 0 Å². The zero-order valence-electron chi connectivity index (χ0n) is 23.7. The summed E-state index contributed by atoms with van der Waals surface area (Å²) in [5, 5.41) is 11.0. The Morgan fingerprint density at radius 2 is 1.98 bits per heavy atom. The Morgan fingerprint density at radius 3 is 2.59 bits per heavy atom. The number of benzene rings is 1. The highest BCUT2D eigenvalue weighted by Crippen LogP contribution is 2.61. The van der Waals surface area contributed by atoms with Crippen molar-refractivity contribution in [2.45, 2.75) is 74.6 Å². The summed E-state index contributed by atoms with van der Waals surface area (Å²) in [6.45, 7) is 11.7. The van der Waals surface area contributed by atoms with Crippen molar-refractivity contribution in [3.63, 3.8) is 0 Å². The number of likely N-dealkylation sites (tertiary alicyclic amines) is 1. The molecule has 1 aromatic carbocycles. The number of amides is 2. The van der Waals surface area contributed by atoms with Crippen LogP contribution < -0.4 is 4.90 Å². The maximum absolute atomic E-state index is 14.6. The Hall–Kier alpha value is -2.20. The smallest absolute Gasteiger partial charge is 0.312 e. The number of hydrogen-bond acceptors (Lipinski definition) is 6. The second-order valence-corrected chi connectivity index (χ2v) is 13.2. The average Bonchev–Trinajstić information content (AvgIpc) is 3.53. The highest BCUT2D eigenvalue weighted by atomic mass is 79.9.